The van der Waals surface area contributed by atoms with Crippen molar-refractivity contribution < 1.29 is 8.78 Å². The highest BCUT2D eigenvalue weighted by Gasteiger charge is 2.39. The first kappa shape index (κ1) is 8.43. The molecule has 1 saturated carbocycles. The molecule has 1 fully saturated rings. The minimum atomic E-state index is -2.50. The zero-order valence-electron chi connectivity index (χ0n) is 6.24. The third-order valence-corrected chi connectivity index (χ3v) is 2.01. The Kier molecular flexibility index (Phi) is 2.11. The minimum Gasteiger partial charge on any atom is -0.388 e. The first-order chi connectivity index (χ1) is 4.99. The van der Waals surface area contributed by atoms with Gasteiger partial charge in [-0.3, -0.25) is 5.41 Å². The summed E-state index contributed by atoms with van der Waals surface area (Å²) in [7, 11) is 0. The number of nitrogens with two attached hydrogens (primary N) is 1. The van der Waals surface area contributed by atoms with Gasteiger partial charge in [-0.1, -0.05) is 0 Å². The van der Waals surface area contributed by atoms with Crippen LogP contribution in [0.15, 0.2) is 0 Å². The lowest BCUT2D eigenvalue weighted by Crippen LogP contribution is -2.16. The first-order valence-corrected chi connectivity index (χ1v) is 3.70. The molecule has 0 radical (unpaired) electrons. The topological polar surface area (TPSA) is 49.9 Å². The van der Waals surface area contributed by atoms with Gasteiger partial charge in [-0.25, -0.2) is 8.78 Å². The van der Waals surface area contributed by atoms with Crippen molar-refractivity contribution in [3.63, 3.8) is 0 Å². The Balaban J connectivity index is 2.36. The Morgan fingerprint density at radius 2 is 2.27 bits per heavy atom. The van der Waals surface area contributed by atoms with Gasteiger partial charge in [0, 0.05) is 19.3 Å². The van der Waals surface area contributed by atoms with E-state index in [-0.39, 0.29) is 24.6 Å². The Hall–Kier alpha value is -0.670. The van der Waals surface area contributed by atoms with Crippen molar-refractivity contribution in [2.45, 2.75) is 31.6 Å². The normalized spacial score (nSPS) is 28.7. The number of rotatable bonds is 2. The van der Waals surface area contributed by atoms with Crippen LogP contribution in [0.25, 0.3) is 0 Å². The van der Waals surface area contributed by atoms with Crippen LogP contribution in [0.5, 0.6) is 0 Å². The molecule has 0 aliphatic heterocycles. The molecule has 3 N–H and O–H groups in total. The molecule has 0 aromatic heterocycles. The van der Waals surface area contributed by atoms with Crippen molar-refractivity contribution in [3.8, 4) is 0 Å². The Bertz CT molecular complexity index is 168. The third-order valence-electron chi connectivity index (χ3n) is 2.01. The second kappa shape index (κ2) is 2.75. The van der Waals surface area contributed by atoms with E-state index < -0.39 is 5.92 Å². The number of nitrogens with one attached hydrogen (secondary N) is 1. The third kappa shape index (κ3) is 2.44. The number of hydrogen-bond donors (Lipinski definition) is 2. The molecule has 0 saturated heterocycles. The molecular formula is C7H12F2N2. The van der Waals surface area contributed by atoms with Crippen LogP contribution >= 0.6 is 0 Å². The summed E-state index contributed by atoms with van der Waals surface area (Å²) in [5.41, 5.74) is 5.10. The molecule has 11 heavy (non-hydrogen) atoms. The summed E-state index contributed by atoms with van der Waals surface area (Å²) in [5, 5.41) is 6.92. The first-order valence-electron chi connectivity index (χ1n) is 3.70. The molecule has 0 aromatic rings. The fourth-order valence-electron chi connectivity index (χ4n) is 1.53. The van der Waals surface area contributed by atoms with Crippen molar-refractivity contribution >= 4 is 5.84 Å². The van der Waals surface area contributed by atoms with Gasteiger partial charge in [0.2, 0.25) is 5.92 Å². The van der Waals surface area contributed by atoms with Gasteiger partial charge in [0.1, 0.15) is 0 Å². The second-order valence-electron chi connectivity index (χ2n) is 3.19. The van der Waals surface area contributed by atoms with Crippen LogP contribution in [-0.2, 0) is 0 Å². The van der Waals surface area contributed by atoms with Gasteiger partial charge in [-0.15, -0.1) is 0 Å². The lowest BCUT2D eigenvalue weighted by molar-refractivity contribution is 0.00535. The molecule has 1 atom stereocenters. The van der Waals surface area contributed by atoms with Crippen molar-refractivity contribution in [2.24, 2.45) is 11.7 Å². The van der Waals surface area contributed by atoms with Gasteiger partial charge in [-0.2, -0.15) is 0 Å². The lowest BCUT2D eigenvalue weighted by atomic mass is 10.0. The Labute approximate surface area is 64.3 Å². The van der Waals surface area contributed by atoms with E-state index in [0.717, 1.165) is 0 Å². The highest BCUT2D eigenvalue weighted by atomic mass is 19.3. The molecule has 2 nitrogen and oxygen atoms in total. The number of halogens is 2. The van der Waals surface area contributed by atoms with Crippen LogP contribution in [-0.4, -0.2) is 11.8 Å². The Morgan fingerprint density at radius 3 is 2.64 bits per heavy atom. The standard InChI is InChI=1S/C7H12F2N2/c8-7(9)2-1-5(4-7)3-6(10)11/h5H,1-4H2,(H3,10,11). The molecule has 0 aromatic carbocycles. The van der Waals surface area contributed by atoms with Gasteiger partial charge in [0.05, 0.1) is 5.84 Å². The molecule has 1 aliphatic rings. The van der Waals surface area contributed by atoms with Gasteiger partial charge in [0.15, 0.2) is 0 Å². The summed E-state index contributed by atoms with van der Waals surface area (Å²) in [5.74, 6) is -2.55. The van der Waals surface area contributed by atoms with Crippen LogP contribution < -0.4 is 5.73 Å². The highest BCUT2D eigenvalue weighted by Crippen LogP contribution is 2.40. The molecule has 4 heteroatoms. The van der Waals surface area contributed by atoms with E-state index >= 15 is 0 Å². The van der Waals surface area contributed by atoms with Gasteiger partial charge < -0.3 is 5.73 Å². The lowest BCUT2D eigenvalue weighted by Gasteiger charge is -2.08. The summed E-state index contributed by atoms with van der Waals surface area (Å²) in [6.07, 6.45) is 0.708. The van der Waals surface area contributed by atoms with Crippen LogP contribution in [0.2, 0.25) is 0 Å². The Morgan fingerprint density at radius 1 is 1.64 bits per heavy atom. The number of amidine groups is 1. The fraction of sp³-hybridized carbons (Fsp3) is 0.857. The summed E-state index contributed by atoms with van der Waals surface area (Å²) >= 11 is 0. The molecule has 64 valence electrons. The van der Waals surface area contributed by atoms with E-state index in [1.54, 1.807) is 0 Å². The zero-order chi connectivity index (χ0) is 8.48. The SMILES string of the molecule is N=C(N)CC1CCC(F)(F)C1. The monoisotopic (exact) mass is 162 g/mol. The predicted molar refractivity (Wildman–Crippen MR) is 38.8 cm³/mol. The molecule has 1 aliphatic carbocycles. The molecule has 0 spiro atoms. The molecule has 0 bridgehead atoms. The highest BCUT2D eigenvalue weighted by molar-refractivity contribution is 5.77. The van der Waals surface area contributed by atoms with E-state index in [4.69, 9.17) is 11.1 Å². The average Bonchev–Trinajstić information content (AvgIpc) is 2.08. The quantitative estimate of drug-likeness (QED) is 0.471. The zero-order valence-corrected chi connectivity index (χ0v) is 6.24. The van der Waals surface area contributed by atoms with Crippen LogP contribution in [0.1, 0.15) is 25.7 Å². The van der Waals surface area contributed by atoms with Crippen molar-refractivity contribution in [1.29, 1.82) is 5.41 Å². The fourth-order valence-corrected chi connectivity index (χ4v) is 1.53. The second-order valence-corrected chi connectivity index (χ2v) is 3.19. The summed E-state index contributed by atoms with van der Waals surface area (Å²) in [4.78, 5) is 0. The van der Waals surface area contributed by atoms with Crippen LogP contribution in [0, 0.1) is 11.3 Å². The van der Waals surface area contributed by atoms with Crippen LogP contribution in [0.3, 0.4) is 0 Å². The summed E-state index contributed by atoms with van der Waals surface area (Å²) < 4.78 is 25.1. The van der Waals surface area contributed by atoms with Crippen molar-refractivity contribution in [2.75, 3.05) is 0 Å². The summed E-state index contributed by atoms with van der Waals surface area (Å²) in [6.45, 7) is 0. The van der Waals surface area contributed by atoms with Crippen LogP contribution in [0.4, 0.5) is 8.78 Å². The molecular weight excluding hydrogens is 150 g/mol. The van der Waals surface area contributed by atoms with Gasteiger partial charge in [-0.05, 0) is 12.3 Å². The predicted octanol–water partition coefficient (Wildman–Crippen LogP) is 1.75. The molecule has 1 unspecified atom stereocenters. The minimum absolute atomic E-state index is 0.0210. The molecule has 0 amide bonds. The smallest absolute Gasteiger partial charge is 0.248 e. The average molecular weight is 162 g/mol. The molecule has 1 rings (SSSR count). The number of alkyl halides is 2. The van der Waals surface area contributed by atoms with E-state index in [1.807, 2.05) is 0 Å². The maximum atomic E-state index is 12.5. The largest absolute Gasteiger partial charge is 0.388 e. The van der Waals surface area contributed by atoms with E-state index in [0.29, 0.717) is 12.8 Å². The van der Waals surface area contributed by atoms with Crippen molar-refractivity contribution in [1.82, 2.24) is 0 Å². The molecule has 0 heterocycles. The van der Waals surface area contributed by atoms with Gasteiger partial charge in [0.25, 0.3) is 0 Å². The number of hydrogen-bond acceptors (Lipinski definition) is 1. The van der Waals surface area contributed by atoms with E-state index in [1.165, 1.54) is 0 Å². The maximum absolute atomic E-state index is 12.5. The maximum Gasteiger partial charge on any atom is 0.248 e. The van der Waals surface area contributed by atoms with Gasteiger partial charge >= 0.3 is 0 Å². The summed E-state index contributed by atoms with van der Waals surface area (Å²) in [6, 6.07) is 0. The van der Waals surface area contributed by atoms with E-state index in [2.05, 4.69) is 0 Å². The van der Waals surface area contributed by atoms with E-state index in [9.17, 15) is 8.78 Å². The van der Waals surface area contributed by atoms with Crippen molar-refractivity contribution in [3.05, 3.63) is 0 Å².